The molecule has 0 saturated heterocycles. The molecule has 3 N–H and O–H groups in total. The van der Waals surface area contributed by atoms with Gasteiger partial charge in [-0.15, -0.1) is 0 Å². The molecular formula is C18H19ClN2OS. The average molecular weight is 347 g/mol. The second kappa shape index (κ2) is 5.93. The van der Waals surface area contributed by atoms with Crippen molar-refractivity contribution in [1.82, 2.24) is 0 Å². The zero-order valence-corrected chi connectivity index (χ0v) is 14.3. The second-order valence-corrected chi connectivity index (χ2v) is 7.50. The third-order valence-electron chi connectivity index (χ3n) is 4.95. The lowest BCUT2D eigenvalue weighted by atomic mass is 9.70. The molecular weight excluding hydrogens is 328 g/mol. The van der Waals surface area contributed by atoms with Crippen molar-refractivity contribution in [1.29, 1.82) is 0 Å². The van der Waals surface area contributed by atoms with E-state index in [9.17, 15) is 0 Å². The standard InChI is InChI=1S/C18H19ClN2OS/c19-13-3-5-15-12(8-13)2-1-7-18(15)10-21-16-9-14(23-20)4-6-17(16)22-11-18/h3-6,8-9,21H,1-2,7,10-11,20H2. The van der Waals surface area contributed by atoms with Gasteiger partial charge in [-0.2, -0.15) is 0 Å². The summed E-state index contributed by atoms with van der Waals surface area (Å²) in [6.45, 7) is 1.56. The van der Waals surface area contributed by atoms with Crippen molar-refractivity contribution in [3.63, 3.8) is 0 Å². The highest BCUT2D eigenvalue weighted by Gasteiger charge is 2.39. The fourth-order valence-electron chi connectivity index (χ4n) is 3.75. The zero-order valence-electron chi connectivity index (χ0n) is 12.8. The lowest BCUT2D eigenvalue weighted by molar-refractivity contribution is 0.210. The van der Waals surface area contributed by atoms with E-state index in [0.29, 0.717) is 6.61 Å². The van der Waals surface area contributed by atoms with Gasteiger partial charge in [0.15, 0.2) is 0 Å². The molecule has 1 atom stereocenters. The second-order valence-electron chi connectivity index (χ2n) is 6.35. The molecule has 1 heterocycles. The van der Waals surface area contributed by atoms with E-state index in [1.807, 2.05) is 18.2 Å². The highest BCUT2D eigenvalue weighted by molar-refractivity contribution is 7.97. The smallest absolute Gasteiger partial charge is 0.142 e. The Labute approximate surface area is 145 Å². The van der Waals surface area contributed by atoms with Crippen LogP contribution in [0.2, 0.25) is 5.02 Å². The first kappa shape index (κ1) is 15.2. The van der Waals surface area contributed by atoms with Crippen LogP contribution in [0.4, 0.5) is 5.69 Å². The predicted octanol–water partition coefficient (Wildman–Crippen LogP) is 4.38. The van der Waals surface area contributed by atoms with Crippen LogP contribution < -0.4 is 15.2 Å². The number of fused-ring (bicyclic) bond motifs is 3. The summed E-state index contributed by atoms with van der Waals surface area (Å²) < 4.78 is 6.18. The van der Waals surface area contributed by atoms with Gasteiger partial charge in [-0.3, -0.25) is 5.14 Å². The first-order valence-electron chi connectivity index (χ1n) is 7.87. The van der Waals surface area contributed by atoms with E-state index in [1.54, 1.807) is 0 Å². The van der Waals surface area contributed by atoms with Gasteiger partial charge in [0.2, 0.25) is 0 Å². The summed E-state index contributed by atoms with van der Waals surface area (Å²) in [5.41, 5.74) is 3.77. The van der Waals surface area contributed by atoms with Crippen molar-refractivity contribution < 1.29 is 4.74 Å². The number of benzene rings is 2. The van der Waals surface area contributed by atoms with Crippen LogP contribution in [0.1, 0.15) is 24.0 Å². The maximum absolute atomic E-state index is 6.18. The predicted molar refractivity (Wildman–Crippen MR) is 96.5 cm³/mol. The van der Waals surface area contributed by atoms with Crippen molar-refractivity contribution in [2.75, 3.05) is 18.5 Å². The molecule has 23 heavy (non-hydrogen) atoms. The van der Waals surface area contributed by atoms with Crippen molar-refractivity contribution in [3.05, 3.63) is 52.5 Å². The molecule has 5 heteroatoms. The number of nitrogens with two attached hydrogens (primary N) is 1. The molecule has 0 bridgehead atoms. The van der Waals surface area contributed by atoms with E-state index >= 15 is 0 Å². The molecule has 120 valence electrons. The number of rotatable bonds is 1. The monoisotopic (exact) mass is 346 g/mol. The minimum Gasteiger partial charge on any atom is -0.490 e. The maximum Gasteiger partial charge on any atom is 0.142 e. The Hall–Kier alpha value is -1.36. The van der Waals surface area contributed by atoms with Crippen molar-refractivity contribution in [2.24, 2.45) is 5.14 Å². The van der Waals surface area contributed by atoms with Gasteiger partial charge in [0.05, 0.1) is 12.3 Å². The highest BCUT2D eigenvalue weighted by atomic mass is 35.5. The van der Waals surface area contributed by atoms with E-state index in [0.717, 1.165) is 40.7 Å². The quantitative estimate of drug-likeness (QED) is 0.752. The lowest BCUT2D eigenvalue weighted by Crippen LogP contribution is -2.41. The minimum absolute atomic E-state index is 0.00716. The molecule has 0 fully saturated rings. The van der Waals surface area contributed by atoms with Crippen molar-refractivity contribution >= 4 is 29.2 Å². The number of hydrogen-bond acceptors (Lipinski definition) is 4. The van der Waals surface area contributed by atoms with E-state index in [4.69, 9.17) is 21.5 Å². The SMILES string of the molecule is NSc1ccc2c(c1)NCC1(CCCc3cc(Cl)ccc31)CO2. The Morgan fingerprint density at radius 1 is 1.22 bits per heavy atom. The normalized spacial score (nSPS) is 22.5. The van der Waals surface area contributed by atoms with Crippen LogP contribution >= 0.6 is 23.5 Å². The van der Waals surface area contributed by atoms with E-state index in [2.05, 4.69) is 23.5 Å². The molecule has 3 nitrogen and oxygen atoms in total. The van der Waals surface area contributed by atoms with Crippen molar-refractivity contribution in [2.45, 2.75) is 29.6 Å². The first-order valence-corrected chi connectivity index (χ1v) is 9.12. The summed E-state index contributed by atoms with van der Waals surface area (Å²) in [7, 11) is 0. The van der Waals surface area contributed by atoms with Crippen LogP contribution in [0.15, 0.2) is 41.3 Å². The third-order valence-corrected chi connectivity index (χ3v) is 5.71. The van der Waals surface area contributed by atoms with Crippen LogP contribution in [0.3, 0.4) is 0 Å². The fraction of sp³-hybridized carbons (Fsp3) is 0.333. The molecule has 0 radical (unpaired) electrons. The molecule has 1 aliphatic carbocycles. The molecule has 2 aromatic carbocycles. The summed E-state index contributed by atoms with van der Waals surface area (Å²) in [6.07, 6.45) is 3.39. The zero-order chi connectivity index (χ0) is 15.9. The number of hydrogen-bond donors (Lipinski definition) is 2. The van der Waals surface area contributed by atoms with Crippen LogP contribution in [-0.4, -0.2) is 13.2 Å². The minimum atomic E-state index is 0.00716. The Bertz CT molecular complexity index is 752. The topological polar surface area (TPSA) is 47.3 Å². The lowest BCUT2D eigenvalue weighted by Gasteiger charge is -2.37. The summed E-state index contributed by atoms with van der Waals surface area (Å²) >= 11 is 7.44. The number of nitrogens with one attached hydrogen (secondary N) is 1. The Balaban J connectivity index is 1.70. The molecule has 2 aromatic rings. The van der Waals surface area contributed by atoms with Gasteiger partial charge >= 0.3 is 0 Å². The number of aryl methyl sites for hydroxylation is 1. The van der Waals surface area contributed by atoms with Crippen LogP contribution in [0.5, 0.6) is 5.75 Å². The Morgan fingerprint density at radius 2 is 2.13 bits per heavy atom. The molecule has 1 aliphatic heterocycles. The maximum atomic E-state index is 6.18. The van der Waals surface area contributed by atoms with E-state index in [1.165, 1.54) is 29.5 Å². The van der Waals surface area contributed by atoms with Crippen LogP contribution in [0.25, 0.3) is 0 Å². The van der Waals surface area contributed by atoms with E-state index < -0.39 is 0 Å². The third kappa shape index (κ3) is 2.69. The molecule has 1 spiro atoms. The molecule has 2 aliphatic rings. The number of anilines is 1. The van der Waals surface area contributed by atoms with Gasteiger partial charge in [0, 0.05) is 21.9 Å². The van der Waals surface area contributed by atoms with Gasteiger partial charge in [-0.1, -0.05) is 17.7 Å². The summed E-state index contributed by atoms with van der Waals surface area (Å²) in [5.74, 6) is 0.903. The van der Waals surface area contributed by atoms with Crippen molar-refractivity contribution in [3.8, 4) is 5.75 Å². The molecule has 4 rings (SSSR count). The summed E-state index contributed by atoms with van der Waals surface area (Å²) in [5, 5.41) is 10.1. The largest absolute Gasteiger partial charge is 0.490 e. The summed E-state index contributed by atoms with van der Waals surface area (Å²) in [6, 6.07) is 12.3. The highest BCUT2D eigenvalue weighted by Crippen LogP contribution is 2.42. The first-order chi connectivity index (χ1) is 11.2. The summed E-state index contributed by atoms with van der Waals surface area (Å²) in [4.78, 5) is 1.03. The van der Waals surface area contributed by atoms with Gasteiger partial charge in [0.25, 0.3) is 0 Å². The van der Waals surface area contributed by atoms with Gasteiger partial charge in [-0.05, 0) is 72.7 Å². The van der Waals surface area contributed by atoms with Crippen LogP contribution in [-0.2, 0) is 11.8 Å². The van der Waals surface area contributed by atoms with Gasteiger partial charge < -0.3 is 10.1 Å². The Kier molecular flexibility index (Phi) is 3.92. The number of ether oxygens (including phenoxy) is 1. The average Bonchev–Trinajstić information content (AvgIpc) is 2.75. The fourth-order valence-corrected chi connectivity index (χ4v) is 4.28. The molecule has 0 saturated carbocycles. The van der Waals surface area contributed by atoms with Gasteiger partial charge in [0.1, 0.15) is 5.75 Å². The van der Waals surface area contributed by atoms with Crippen LogP contribution in [0, 0.1) is 0 Å². The van der Waals surface area contributed by atoms with E-state index in [-0.39, 0.29) is 5.41 Å². The Morgan fingerprint density at radius 3 is 3.00 bits per heavy atom. The molecule has 0 amide bonds. The molecule has 1 unspecified atom stereocenters. The molecule has 0 aromatic heterocycles. The number of halogens is 1. The van der Waals surface area contributed by atoms with Gasteiger partial charge in [-0.25, -0.2) is 0 Å².